The van der Waals surface area contributed by atoms with Crippen LogP contribution in [0, 0.1) is 0 Å². The zero-order valence-electron chi connectivity index (χ0n) is 18.8. The van der Waals surface area contributed by atoms with E-state index in [1.54, 1.807) is 12.4 Å². The Hall–Kier alpha value is -2.54. The highest BCUT2D eigenvalue weighted by molar-refractivity contribution is 7.89. The van der Waals surface area contributed by atoms with Crippen molar-refractivity contribution in [3.8, 4) is 0 Å². The molecule has 2 aromatic rings. The molecule has 1 saturated carbocycles. The Morgan fingerprint density at radius 1 is 1.26 bits per heavy atom. The molecule has 0 bridgehead atoms. The van der Waals surface area contributed by atoms with Crippen LogP contribution in [-0.2, 0) is 19.6 Å². The number of H-pyrrole nitrogens is 1. The maximum absolute atomic E-state index is 13.5. The third-order valence-electron chi connectivity index (χ3n) is 5.77. The molecule has 0 saturated heterocycles. The molecule has 192 valence electrons. The highest BCUT2D eigenvalue weighted by Gasteiger charge is 2.35. The van der Waals surface area contributed by atoms with E-state index in [0.29, 0.717) is 31.8 Å². The molecule has 1 fully saturated rings. The van der Waals surface area contributed by atoms with E-state index < -0.39 is 34.5 Å². The number of nitrogens with zero attached hydrogens (tertiary/aromatic N) is 2. The number of benzene rings is 1. The van der Waals surface area contributed by atoms with Crippen LogP contribution in [0.4, 0.5) is 11.6 Å². The van der Waals surface area contributed by atoms with E-state index >= 15 is 0 Å². The van der Waals surface area contributed by atoms with Gasteiger partial charge in [-0.2, -0.15) is 4.72 Å². The van der Waals surface area contributed by atoms with Gasteiger partial charge in [0.05, 0.1) is 20.6 Å². The van der Waals surface area contributed by atoms with Gasteiger partial charge >= 0.3 is 5.97 Å². The molecule has 0 unspecified atom stereocenters. The molecule has 11 nitrogen and oxygen atoms in total. The predicted molar refractivity (Wildman–Crippen MR) is 133 cm³/mol. The number of aromatic nitrogens is 2. The van der Waals surface area contributed by atoms with E-state index in [0.717, 1.165) is 25.0 Å². The van der Waals surface area contributed by atoms with Crippen molar-refractivity contribution in [3.63, 3.8) is 0 Å². The minimum atomic E-state index is -4.24. The van der Waals surface area contributed by atoms with Crippen molar-refractivity contribution in [1.29, 1.82) is 0 Å². The number of carbonyl (C=O) groups is 2. The molecule has 35 heavy (non-hydrogen) atoms. The van der Waals surface area contributed by atoms with Gasteiger partial charge in [-0.1, -0.05) is 36.0 Å². The first-order valence-corrected chi connectivity index (χ1v) is 13.3. The summed E-state index contributed by atoms with van der Waals surface area (Å²) in [4.78, 5) is 33.0. The first kappa shape index (κ1) is 27.1. The summed E-state index contributed by atoms with van der Waals surface area (Å²) in [6.07, 6.45) is 6.83. The van der Waals surface area contributed by atoms with E-state index in [9.17, 15) is 23.1 Å². The number of hydrogen-bond donors (Lipinski definition) is 5. The van der Waals surface area contributed by atoms with Crippen LogP contribution in [-0.4, -0.2) is 65.4 Å². The number of carboxylic acids is 1. The lowest BCUT2D eigenvalue weighted by molar-refractivity contribution is -0.147. The minimum Gasteiger partial charge on any atom is -0.480 e. The lowest BCUT2D eigenvalue weighted by Crippen LogP contribution is -2.52. The third-order valence-corrected chi connectivity index (χ3v) is 7.85. The highest BCUT2D eigenvalue weighted by Crippen LogP contribution is 2.31. The van der Waals surface area contributed by atoms with Crippen molar-refractivity contribution < 1.29 is 23.1 Å². The first-order valence-electron chi connectivity index (χ1n) is 11.1. The van der Waals surface area contributed by atoms with Gasteiger partial charge in [-0.15, -0.1) is 0 Å². The van der Waals surface area contributed by atoms with Crippen LogP contribution < -0.4 is 15.8 Å². The Balaban J connectivity index is 1.82. The lowest BCUT2D eigenvalue weighted by Gasteiger charge is -2.31. The Morgan fingerprint density at radius 3 is 2.49 bits per heavy atom. The molecule has 1 amide bonds. The lowest BCUT2D eigenvalue weighted by atomic mass is 10.1. The van der Waals surface area contributed by atoms with Gasteiger partial charge in [-0.3, -0.25) is 9.59 Å². The Bertz CT molecular complexity index is 1120. The number of carbonyl (C=O) groups excluding carboxylic acids is 1. The van der Waals surface area contributed by atoms with Crippen LogP contribution in [0.2, 0.25) is 10.0 Å². The van der Waals surface area contributed by atoms with E-state index in [-0.39, 0.29) is 33.1 Å². The average Bonchev–Trinajstić information content (AvgIpc) is 3.51. The minimum absolute atomic E-state index is 0.0396. The number of nitrogen functional groups attached to an aromatic ring is 1. The summed E-state index contributed by atoms with van der Waals surface area (Å²) in [6, 6.07) is 0.842. The normalized spacial score (nSPS) is 15.1. The van der Waals surface area contributed by atoms with Crippen LogP contribution >= 0.6 is 23.2 Å². The molecule has 1 aromatic heterocycles. The quantitative estimate of drug-likeness (QED) is 0.199. The summed E-state index contributed by atoms with van der Waals surface area (Å²) >= 11 is 12.0. The maximum Gasteiger partial charge on any atom is 0.323 e. The number of halogens is 2. The number of nitrogens with one attached hydrogen (secondary N) is 3. The molecule has 1 atom stereocenters. The van der Waals surface area contributed by atoms with Crippen molar-refractivity contribution in [3.05, 3.63) is 34.6 Å². The van der Waals surface area contributed by atoms with Gasteiger partial charge in [0.1, 0.15) is 12.6 Å². The number of hydrogen-bond acceptors (Lipinski definition) is 7. The van der Waals surface area contributed by atoms with Crippen molar-refractivity contribution in [2.24, 2.45) is 0 Å². The predicted octanol–water partition coefficient (Wildman–Crippen LogP) is 2.69. The molecule has 3 rings (SSSR count). The number of nitrogens with two attached hydrogens (primary N) is 1. The largest absolute Gasteiger partial charge is 0.480 e. The summed E-state index contributed by atoms with van der Waals surface area (Å²) in [5.74, 6) is -1.21. The molecular weight excluding hydrogens is 519 g/mol. The number of sulfonamides is 1. The number of aromatic amines is 1. The van der Waals surface area contributed by atoms with E-state index in [1.165, 1.54) is 4.90 Å². The van der Waals surface area contributed by atoms with Crippen LogP contribution in [0.3, 0.4) is 0 Å². The topological polar surface area (TPSA) is 171 Å². The fourth-order valence-electron chi connectivity index (χ4n) is 4.03. The Kier molecular flexibility index (Phi) is 9.22. The van der Waals surface area contributed by atoms with E-state index in [2.05, 4.69) is 20.0 Å². The maximum atomic E-state index is 13.5. The number of imidazole rings is 1. The molecule has 6 N–H and O–H groups in total. The molecule has 14 heteroatoms. The zero-order valence-corrected chi connectivity index (χ0v) is 21.2. The Labute approximate surface area is 213 Å². The zero-order chi connectivity index (χ0) is 25.6. The van der Waals surface area contributed by atoms with Crippen molar-refractivity contribution in [1.82, 2.24) is 19.6 Å². The second kappa shape index (κ2) is 11.9. The fourth-order valence-corrected chi connectivity index (χ4v) is 5.92. The fraction of sp³-hybridized carbons (Fsp3) is 0.476. The summed E-state index contributed by atoms with van der Waals surface area (Å²) < 4.78 is 28.8. The van der Waals surface area contributed by atoms with Crippen molar-refractivity contribution >= 4 is 56.7 Å². The second-order valence-corrected chi connectivity index (χ2v) is 10.8. The van der Waals surface area contributed by atoms with Crippen molar-refractivity contribution in [2.75, 3.05) is 24.1 Å². The molecular formula is C21H28Cl2N6O5S. The number of anilines is 2. The Morgan fingerprint density at radius 2 is 1.91 bits per heavy atom. The number of aliphatic carboxylic acids is 1. The van der Waals surface area contributed by atoms with Gasteiger partial charge < -0.3 is 26.0 Å². The molecule has 0 aliphatic heterocycles. The van der Waals surface area contributed by atoms with Crippen LogP contribution in [0.15, 0.2) is 29.4 Å². The monoisotopic (exact) mass is 546 g/mol. The van der Waals surface area contributed by atoms with Crippen molar-refractivity contribution in [2.45, 2.75) is 55.5 Å². The molecule has 1 aliphatic carbocycles. The summed E-state index contributed by atoms with van der Waals surface area (Å²) in [6.45, 7) is -0.104. The van der Waals surface area contributed by atoms with Gasteiger partial charge in [0, 0.05) is 25.0 Å². The average molecular weight is 547 g/mol. The molecule has 1 aromatic carbocycles. The summed E-state index contributed by atoms with van der Waals surface area (Å²) in [5, 5.41) is 12.4. The van der Waals surface area contributed by atoms with Gasteiger partial charge in [0.25, 0.3) is 0 Å². The second-order valence-electron chi connectivity index (χ2n) is 8.28. The first-order chi connectivity index (χ1) is 16.6. The summed E-state index contributed by atoms with van der Waals surface area (Å²) in [5.41, 5.74) is 5.75. The summed E-state index contributed by atoms with van der Waals surface area (Å²) in [7, 11) is -4.24. The molecule has 1 heterocycles. The van der Waals surface area contributed by atoms with Gasteiger partial charge in [0.2, 0.25) is 15.9 Å². The molecule has 0 spiro atoms. The van der Waals surface area contributed by atoms with Crippen LogP contribution in [0.1, 0.15) is 38.5 Å². The van der Waals surface area contributed by atoms with Crippen LogP contribution in [0.25, 0.3) is 0 Å². The highest BCUT2D eigenvalue weighted by atomic mass is 35.5. The SMILES string of the molecule is Nc1c(Cl)cc(S(=O)(=O)N[C@@H](CCCNc2ncc[nH]2)C(=O)N(CC(=O)O)C2CCCC2)cc1Cl. The van der Waals surface area contributed by atoms with Gasteiger partial charge in [-0.25, -0.2) is 13.4 Å². The van der Waals surface area contributed by atoms with E-state index in [4.69, 9.17) is 28.9 Å². The smallest absolute Gasteiger partial charge is 0.323 e. The number of carboxylic acid groups (broad SMARTS) is 1. The third kappa shape index (κ3) is 7.23. The standard InChI is InChI=1S/C21H28Cl2N6O5S/c22-15-10-14(11-16(23)19(15)24)35(33,34)28-17(6-3-7-25-21-26-8-9-27-21)20(32)29(12-18(30)31)13-4-1-2-5-13/h8-11,13,17,28H,1-7,12,24H2,(H,30,31)(H2,25,26,27)/t17-/m0/s1. The number of rotatable bonds is 12. The van der Waals surface area contributed by atoms with Crippen LogP contribution in [0.5, 0.6) is 0 Å². The van der Waals surface area contributed by atoms with Gasteiger partial charge in [-0.05, 0) is 37.8 Å². The van der Waals surface area contributed by atoms with Gasteiger partial charge in [0.15, 0.2) is 5.95 Å². The molecule has 1 aliphatic rings. The van der Waals surface area contributed by atoms with E-state index in [1.807, 2.05) is 0 Å². The number of amides is 1. The molecule has 0 radical (unpaired) electrons.